The summed E-state index contributed by atoms with van der Waals surface area (Å²) in [5.74, 6) is 0.0518. The van der Waals surface area contributed by atoms with Crippen LogP contribution in [0, 0.1) is 5.41 Å². The maximum Gasteiger partial charge on any atom is 0.343 e. The Morgan fingerprint density at radius 3 is 2.56 bits per heavy atom. The molecular formula is C25H30FNO5. The highest BCUT2D eigenvalue weighted by molar-refractivity contribution is 5.89. The van der Waals surface area contributed by atoms with Crippen LogP contribution in [-0.2, 0) is 11.2 Å². The number of allylic oxidation sites excluding steroid dienone is 1. The number of benzene rings is 1. The summed E-state index contributed by atoms with van der Waals surface area (Å²) in [5, 5.41) is 0. The van der Waals surface area contributed by atoms with Gasteiger partial charge in [0.05, 0.1) is 25.2 Å². The Balaban J connectivity index is 2.18. The SMILES string of the molecule is CCOC(=O)c1cn2c(cc1=O)-c1cc(OC)c(OC/C=C(/C)F)cc1CC2C(C)(C)C. The first-order valence-corrected chi connectivity index (χ1v) is 10.7. The molecule has 1 unspecified atom stereocenters. The molecule has 6 nitrogen and oxygen atoms in total. The van der Waals surface area contributed by atoms with E-state index in [9.17, 15) is 14.0 Å². The summed E-state index contributed by atoms with van der Waals surface area (Å²) in [4.78, 5) is 25.1. The third-order valence-corrected chi connectivity index (χ3v) is 5.59. The molecule has 1 aliphatic heterocycles. The lowest BCUT2D eigenvalue weighted by Crippen LogP contribution is -2.33. The Kier molecular flexibility index (Phi) is 6.77. The molecule has 0 spiro atoms. The second kappa shape index (κ2) is 9.18. The predicted molar refractivity (Wildman–Crippen MR) is 121 cm³/mol. The van der Waals surface area contributed by atoms with E-state index >= 15 is 0 Å². The first-order valence-electron chi connectivity index (χ1n) is 10.7. The van der Waals surface area contributed by atoms with Crippen molar-refractivity contribution < 1.29 is 23.4 Å². The number of carbonyl (C=O) groups is 1. The van der Waals surface area contributed by atoms with Crippen LogP contribution in [-0.4, -0.2) is 30.9 Å². The number of nitrogens with zero attached hydrogens (tertiary/aromatic N) is 1. The van der Waals surface area contributed by atoms with Crippen molar-refractivity contribution in [3.63, 3.8) is 0 Å². The first kappa shape index (κ1) is 23.6. The Labute approximate surface area is 187 Å². The number of rotatable bonds is 6. The van der Waals surface area contributed by atoms with E-state index in [0.717, 1.165) is 11.1 Å². The van der Waals surface area contributed by atoms with Crippen molar-refractivity contribution in [2.24, 2.45) is 5.41 Å². The van der Waals surface area contributed by atoms with Crippen molar-refractivity contribution in [2.45, 2.75) is 47.1 Å². The summed E-state index contributed by atoms with van der Waals surface area (Å²) in [5.41, 5.74) is 1.99. The van der Waals surface area contributed by atoms with E-state index in [1.807, 2.05) is 16.7 Å². The van der Waals surface area contributed by atoms with Gasteiger partial charge in [0.1, 0.15) is 12.2 Å². The fraction of sp³-hybridized carbons (Fsp3) is 0.440. The number of methoxy groups -OCH3 is 1. The zero-order valence-corrected chi connectivity index (χ0v) is 19.5. The summed E-state index contributed by atoms with van der Waals surface area (Å²) < 4.78 is 31.4. The summed E-state index contributed by atoms with van der Waals surface area (Å²) in [6.45, 7) is 9.69. The molecule has 3 rings (SSSR count). The van der Waals surface area contributed by atoms with Crippen LogP contribution in [0.15, 0.2) is 41.1 Å². The number of halogens is 1. The number of ether oxygens (including phenoxy) is 3. The number of pyridine rings is 1. The topological polar surface area (TPSA) is 66.8 Å². The van der Waals surface area contributed by atoms with Gasteiger partial charge in [0.25, 0.3) is 0 Å². The highest BCUT2D eigenvalue weighted by atomic mass is 19.1. The van der Waals surface area contributed by atoms with E-state index in [4.69, 9.17) is 14.2 Å². The fourth-order valence-corrected chi connectivity index (χ4v) is 3.94. The molecule has 0 amide bonds. The molecule has 1 aromatic carbocycles. The highest BCUT2D eigenvalue weighted by Gasteiger charge is 2.34. The maximum atomic E-state index is 13.1. The van der Waals surface area contributed by atoms with Crippen LogP contribution < -0.4 is 14.9 Å². The van der Waals surface area contributed by atoms with Crippen molar-refractivity contribution in [2.75, 3.05) is 20.3 Å². The summed E-state index contributed by atoms with van der Waals surface area (Å²) in [6.07, 6.45) is 3.62. The molecule has 1 aromatic heterocycles. The van der Waals surface area contributed by atoms with E-state index in [-0.39, 0.29) is 36.1 Å². The van der Waals surface area contributed by atoms with Crippen molar-refractivity contribution in [3.8, 4) is 22.8 Å². The molecule has 0 aliphatic carbocycles. The van der Waals surface area contributed by atoms with E-state index in [0.29, 0.717) is 23.6 Å². The Bertz CT molecular complexity index is 1110. The minimum Gasteiger partial charge on any atom is -0.493 e. The molecular weight excluding hydrogens is 413 g/mol. The molecule has 0 radical (unpaired) electrons. The van der Waals surface area contributed by atoms with Gasteiger partial charge in [-0.05, 0) is 49.5 Å². The highest BCUT2D eigenvalue weighted by Crippen LogP contribution is 2.45. The number of hydrogen-bond acceptors (Lipinski definition) is 5. The average molecular weight is 444 g/mol. The van der Waals surface area contributed by atoms with Gasteiger partial charge in [-0.25, -0.2) is 9.18 Å². The zero-order chi connectivity index (χ0) is 23.6. The smallest absolute Gasteiger partial charge is 0.343 e. The largest absolute Gasteiger partial charge is 0.493 e. The van der Waals surface area contributed by atoms with Gasteiger partial charge in [-0.1, -0.05) is 20.8 Å². The molecule has 1 aliphatic rings. The number of esters is 1. The normalized spacial score (nSPS) is 15.6. The van der Waals surface area contributed by atoms with Gasteiger partial charge in [-0.15, -0.1) is 0 Å². The number of carbonyl (C=O) groups excluding carboxylic acids is 1. The molecule has 7 heteroatoms. The van der Waals surface area contributed by atoms with Gasteiger partial charge in [0.2, 0.25) is 0 Å². The summed E-state index contributed by atoms with van der Waals surface area (Å²) in [7, 11) is 1.53. The van der Waals surface area contributed by atoms with E-state index in [2.05, 4.69) is 20.8 Å². The van der Waals surface area contributed by atoms with Crippen molar-refractivity contribution >= 4 is 5.97 Å². The molecule has 0 saturated heterocycles. The molecule has 0 N–H and O–H groups in total. The van der Waals surface area contributed by atoms with Crippen LogP contribution in [0.5, 0.6) is 11.5 Å². The van der Waals surface area contributed by atoms with Gasteiger partial charge in [-0.2, -0.15) is 0 Å². The minimum atomic E-state index is -0.621. The maximum absolute atomic E-state index is 13.1. The van der Waals surface area contributed by atoms with Gasteiger partial charge >= 0.3 is 5.97 Å². The van der Waals surface area contributed by atoms with Crippen LogP contribution in [0.2, 0.25) is 0 Å². The van der Waals surface area contributed by atoms with Crippen LogP contribution in [0.25, 0.3) is 11.3 Å². The van der Waals surface area contributed by atoms with E-state index in [1.54, 1.807) is 13.1 Å². The second-order valence-electron chi connectivity index (χ2n) is 8.91. The molecule has 2 heterocycles. The molecule has 0 bridgehead atoms. The van der Waals surface area contributed by atoms with E-state index < -0.39 is 11.4 Å². The van der Waals surface area contributed by atoms with Gasteiger partial charge < -0.3 is 18.8 Å². The van der Waals surface area contributed by atoms with Crippen LogP contribution in [0.3, 0.4) is 0 Å². The number of hydrogen-bond donors (Lipinski definition) is 0. The molecule has 32 heavy (non-hydrogen) atoms. The predicted octanol–water partition coefficient (Wildman–Crippen LogP) is 5.10. The molecule has 2 aromatic rings. The molecule has 1 atom stereocenters. The fourth-order valence-electron chi connectivity index (χ4n) is 3.94. The lowest BCUT2D eigenvalue weighted by atomic mass is 9.78. The van der Waals surface area contributed by atoms with Gasteiger partial charge in [0, 0.05) is 23.9 Å². The third-order valence-electron chi connectivity index (χ3n) is 5.59. The molecule has 0 fully saturated rings. The lowest BCUT2D eigenvalue weighted by Gasteiger charge is -2.39. The monoisotopic (exact) mass is 443 g/mol. The quantitative estimate of drug-likeness (QED) is 0.582. The summed E-state index contributed by atoms with van der Waals surface area (Å²) >= 11 is 0. The number of aromatic nitrogens is 1. The standard InChI is InChI=1S/C25H30FNO5/c1-7-31-24(29)18-14-27-19(13-20(18)28)17-12-21(30-6)22(32-9-8-15(2)26)10-16(17)11-23(27)25(3,4)5/h8,10,12-14,23H,7,9,11H2,1-6H3/b15-8-. The zero-order valence-electron chi connectivity index (χ0n) is 19.5. The van der Waals surface area contributed by atoms with Crippen molar-refractivity contribution in [1.29, 1.82) is 0 Å². The lowest BCUT2D eigenvalue weighted by molar-refractivity contribution is 0.0523. The first-order chi connectivity index (χ1) is 15.1. The Morgan fingerprint density at radius 1 is 1.25 bits per heavy atom. The number of fused-ring (bicyclic) bond motifs is 3. The Morgan fingerprint density at radius 2 is 1.97 bits per heavy atom. The second-order valence-corrected chi connectivity index (χ2v) is 8.91. The molecule has 172 valence electrons. The minimum absolute atomic E-state index is 0.0204. The van der Waals surface area contributed by atoms with Crippen LogP contribution in [0.1, 0.15) is 56.6 Å². The van der Waals surface area contributed by atoms with Crippen molar-refractivity contribution in [3.05, 3.63) is 57.6 Å². The van der Waals surface area contributed by atoms with Gasteiger partial charge in [0.15, 0.2) is 16.9 Å². The van der Waals surface area contributed by atoms with E-state index in [1.165, 1.54) is 26.2 Å². The third kappa shape index (κ3) is 4.71. The van der Waals surface area contributed by atoms with Crippen molar-refractivity contribution in [1.82, 2.24) is 4.57 Å². The summed E-state index contributed by atoms with van der Waals surface area (Å²) in [6, 6.07) is 5.18. The molecule has 0 saturated carbocycles. The van der Waals surface area contributed by atoms with Crippen LogP contribution >= 0.6 is 0 Å². The Hall–Kier alpha value is -3.09. The average Bonchev–Trinajstić information content (AvgIpc) is 2.71. The van der Waals surface area contributed by atoms with Gasteiger partial charge in [-0.3, -0.25) is 4.79 Å². The van der Waals surface area contributed by atoms with Crippen LogP contribution in [0.4, 0.5) is 4.39 Å².